The quantitative estimate of drug-likeness (QED) is 0.770. The van der Waals surface area contributed by atoms with Gasteiger partial charge in [-0.05, 0) is 12.3 Å². The molecule has 0 aliphatic rings. The van der Waals surface area contributed by atoms with Crippen molar-refractivity contribution >= 4 is 0 Å². The number of hydrogen-bond donors (Lipinski definition) is 1. The first-order valence-electron chi connectivity index (χ1n) is 6.35. The van der Waals surface area contributed by atoms with Crippen LogP contribution in [0.2, 0.25) is 0 Å². The van der Waals surface area contributed by atoms with Crippen LogP contribution in [-0.4, -0.2) is 15.6 Å². The molecular weight excluding hydrogens is 198 g/mol. The molecule has 0 aliphatic carbocycles. The van der Waals surface area contributed by atoms with Gasteiger partial charge in [-0.25, -0.2) is 4.98 Å². The van der Waals surface area contributed by atoms with Crippen molar-refractivity contribution in [1.29, 1.82) is 0 Å². The third-order valence-corrected chi connectivity index (χ3v) is 2.68. The molecule has 1 N–H and O–H groups in total. The second-order valence-corrected chi connectivity index (χ2v) is 4.99. The molecule has 3 heteroatoms. The highest BCUT2D eigenvalue weighted by atomic mass is 15.0. The van der Waals surface area contributed by atoms with E-state index in [9.17, 15) is 0 Å². The van der Waals surface area contributed by atoms with Crippen LogP contribution in [0.1, 0.15) is 46.2 Å². The van der Waals surface area contributed by atoms with Crippen molar-refractivity contribution in [2.45, 2.75) is 59.7 Å². The zero-order valence-corrected chi connectivity index (χ0v) is 11.0. The zero-order chi connectivity index (χ0) is 12.0. The van der Waals surface area contributed by atoms with Crippen molar-refractivity contribution in [3.8, 4) is 0 Å². The van der Waals surface area contributed by atoms with Crippen LogP contribution in [0.25, 0.3) is 0 Å². The minimum absolute atomic E-state index is 0.518. The molecule has 0 aromatic carbocycles. The summed E-state index contributed by atoms with van der Waals surface area (Å²) in [6, 6.07) is 0.518. The minimum Gasteiger partial charge on any atom is -0.337 e. The summed E-state index contributed by atoms with van der Waals surface area (Å²) in [7, 11) is 0. The van der Waals surface area contributed by atoms with Crippen molar-refractivity contribution in [2.24, 2.45) is 5.92 Å². The maximum atomic E-state index is 4.40. The molecule has 0 amide bonds. The van der Waals surface area contributed by atoms with Crippen LogP contribution in [-0.2, 0) is 13.1 Å². The van der Waals surface area contributed by atoms with E-state index in [1.807, 2.05) is 6.33 Å². The second kappa shape index (κ2) is 6.69. The molecule has 0 spiro atoms. The number of aromatic nitrogens is 2. The first-order chi connectivity index (χ1) is 7.61. The van der Waals surface area contributed by atoms with E-state index in [0.29, 0.717) is 6.04 Å². The Morgan fingerprint density at radius 3 is 2.75 bits per heavy atom. The van der Waals surface area contributed by atoms with Crippen LogP contribution in [0.15, 0.2) is 12.5 Å². The third kappa shape index (κ3) is 4.79. The van der Waals surface area contributed by atoms with E-state index in [1.165, 1.54) is 12.8 Å². The zero-order valence-electron chi connectivity index (χ0n) is 11.0. The maximum Gasteiger partial charge on any atom is 0.0950 e. The molecule has 92 valence electrons. The first kappa shape index (κ1) is 13.2. The van der Waals surface area contributed by atoms with Gasteiger partial charge in [-0.15, -0.1) is 0 Å². The Bertz CT molecular complexity index is 291. The highest BCUT2D eigenvalue weighted by Gasteiger charge is 2.04. The van der Waals surface area contributed by atoms with Gasteiger partial charge in [0.25, 0.3) is 0 Å². The number of nitrogens with zero attached hydrogens (tertiary/aromatic N) is 2. The van der Waals surface area contributed by atoms with Crippen molar-refractivity contribution in [2.75, 3.05) is 0 Å². The van der Waals surface area contributed by atoms with E-state index >= 15 is 0 Å². The Balaban J connectivity index is 2.39. The fraction of sp³-hybridized carbons (Fsp3) is 0.769. The van der Waals surface area contributed by atoms with Crippen molar-refractivity contribution in [3.05, 3.63) is 18.2 Å². The molecule has 0 saturated heterocycles. The molecule has 1 aromatic heterocycles. The number of rotatable bonds is 7. The van der Waals surface area contributed by atoms with Crippen LogP contribution < -0.4 is 5.32 Å². The third-order valence-electron chi connectivity index (χ3n) is 2.68. The number of hydrogen-bond acceptors (Lipinski definition) is 2. The first-order valence-corrected chi connectivity index (χ1v) is 6.35. The van der Waals surface area contributed by atoms with Crippen LogP contribution in [0.5, 0.6) is 0 Å². The number of nitrogens with one attached hydrogen (secondary N) is 1. The summed E-state index contributed by atoms with van der Waals surface area (Å²) in [5.41, 5.74) is 1.14. The molecule has 0 saturated carbocycles. The lowest BCUT2D eigenvalue weighted by atomic mass is 10.1. The smallest absolute Gasteiger partial charge is 0.0950 e. The van der Waals surface area contributed by atoms with E-state index in [1.54, 1.807) is 0 Å². The summed E-state index contributed by atoms with van der Waals surface area (Å²) in [4.78, 5) is 4.40. The molecule has 1 rings (SSSR count). The van der Waals surface area contributed by atoms with Gasteiger partial charge in [0.2, 0.25) is 0 Å². The molecule has 1 atom stereocenters. The Morgan fingerprint density at radius 1 is 1.38 bits per heavy atom. The summed E-state index contributed by atoms with van der Waals surface area (Å²) in [6.07, 6.45) is 6.65. The van der Waals surface area contributed by atoms with E-state index in [2.05, 4.69) is 48.8 Å². The molecule has 1 unspecified atom stereocenters. The molecular formula is C13H25N3. The van der Waals surface area contributed by atoms with Crippen molar-refractivity contribution < 1.29 is 0 Å². The molecule has 1 aromatic rings. The van der Waals surface area contributed by atoms with Crippen LogP contribution in [0, 0.1) is 5.92 Å². The molecule has 16 heavy (non-hydrogen) atoms. The second-order valence-electron chi connectivity index (χ2n) is 4.99. The summed E-state index contributed by atoms with van der Waals surface area (Å²) in [5, 5.41) is 3.38. The lowest BCUT2D eigenvalue weighted by Gasteiger charge is -2.10. The van der Waals surface area contributed by atoms with Crippen LogP contribution >= 0.6 is 0 Å². The molecule has 0 fully saturated rings. The van der Waals surface area contributed by atoms with Gasteiger partial charge in [0.1, 0.15) is 0 Å². The average Bonchev–Trinajstić information content (AvgIpc) is 2.63. The van der Waals surface area contributed by atoms with Crippen molar-refractivity contribution in [1.82, 2.24) is 14.9 Å². The molecule has 0 aliphatic heterocycles. The predicted molar refractivity (Wildman–Crippen MR) is 68.3 cm³/mol. The van der Waals surface area contributed by atoms with Gasteiger partial charge >= 0.3 is 0 Å². The SMILES string of the molecule is CCCC(C)Cn1cnc(CNC(C)C)c1. The summed E-state index contributed by atoms with van der Waals surface area (Å²) in [6.45, 7) is 10.8. The van der Waals surface area contributed by atoms with E-state index in [0.717, 1.165) is 24.7 Å². The monoisotopic (exact) mass is 223 g/mol. The fourth-order valence-electron chi connectivity index (χ4n) is 1.85. The van der Waals surface area contributed by atoms with E-state index in [4.69, 9.17) is 0 Å². The number of imidazole rings is 1. The summed E-state index contributed by atoms with van der Waals surface area (Å²) in [5.74, 6) is 0.741. The molecule has 1 heterocycles. The summed E-state index contributed by atoms with van der Waals surface area (Å²) >= 11 is 0. The van der Waals surface area contributed by atoms with Gasteiger partial charge in [-0.2, -0.15) is 0 Å². The van der Waals surface area contributed by atoms with Gasteiger partial charge in [-0.1, -0.05) is 34.1 Å². The minimum atomic E-state index is 0.518. The average molecular weight is 223 g/mol. The highest BCUT2D eigenvalue weighted by Crippen LogP contribution is 2.08. The predicted octanol–water partition coefficient (Wildman–Crippen LogP) is 2.82. The maximum absolute atomic E-state index is 4.40. The Kier molecular flexibility index (Phi) is 5.53. The highest BCUT2D eigenvalue weighted by molar-refractivity contribution is 4.96. The van der Waals surface area contributed by atoms with Gasteiger partial charge in [0.05, 0.1) is 12.0 Å². The van der Waals surface area contributed by atoms with Crippen molar-refractivity contribution in [3.63, 3.8) is 0 Å². The Labute approximate surface area is 99.3 Å². The standard InChI is InChI=1S/C13H25N3/c1-5-6-12(4)8-16-9-13(15-10-16)7-14-11(2)3/h9-12,14H,5-8H2,1-4H3. The molecule has 0 bridgehead atoms. The van der Waals surface area contributed by atoms with E-state index < -0.39 is 0 Å². The Morgan fingerprint density at radius 2 is 2.12 bits per heavy atom. The lowest BCUT2D eigenvalue weighted by Crippen LogP contribution is -2.21. The van der Waals surface area contributed by atoms with Crippen LogP contribution in [0.3, 0.4) is 0 Å². The van der Waals surface area contributed by atoms with Gasteiger partial charge in [0, 0.05) is 25.3 Å². The normalized spacial score (nSPS) is 13.3. The summed E-state index contributed by atoms with van der Waals surface area (Å²) < 4.78 is 2.21. The van der Waals surface area contributed by atoms with Gasteiger partial charge < -0.3 is 9.88 Å². The largest absolute Gasteiger partial charge is 0.337 e. The fourth-order valence-corrected chi connectivity index (χ4v) is 1.85. The van der Waals surface area contributed by atoms with E-state index in [-0.39, 0.29) is 0 Å². The Hall–Kier alpha value is -0.830. The molecule has 0 radical (unpaired) electrons. The molecule has 3 nitrogen and oxygen atoms in total. The lowest BCUT2D eigenvalue weighted by molar-refractivity contribution is 0.445. The van der Waals surface area contributed by atoms with Crippen LogP contribution in [0.4, 0.5) is 0 Å². The van der Waals surface area contributed by atoms with Gasteiger partial charge in [-0.3, -0.25) is 0 Å². The van der Waals surface area contributed by atoms with Gasteiger partial charge in [0.15, 0.2) is 0 Å². The topological polar surface area (TPSA) is 29.9 Å².